The van der Waals surface area contributed by atoms with E-state index in [-0.39, 0.29) is 0 Å². The first-order chi connectivity index (χ1) is 61.3. The highest BCUT2D eigenvalue weighted by molar-refractivity contribution is 6.15. The summed E-state index contributed by atoms with van der Waals surface area (Å²) in [5, 5.41) is 54.0. The predicted octanol–water partition coefficient (Wildman–Crippen LogP) is 28.7. The van der Waals surface area contributed by atoms with E-state index < -0.39 is 0 Å². The SMILES string of the molecule is N#Cc1ccc(-c2cc(-n3c4ccccc4c4ccccc43)cc(-n3c4ccccc4c4ccccc43)c2)c(C#N)c1.N#Cc1ccccc1-c1cc(-n2c3ccccc3c3ccccc32)cc(-n2c3ccccc3c3ccccc32)c1.[C-]#[N+]c1ccc(C#N)c(-c2cc(-n3c4ccccc4c4ccccc43)cc(-n3c4ccccc4c4ccccc43)c2)c1. The maximum Gasteiger partial charge on any atom is 0.187 e. The Bertz CT molecular complexity index is 8080. The van der Waals surface area contributed by atoms with Gasteiger partial charge >= 0.3 is 0 Å². The minimum atomic E-state index is 0.469. The van der Waals surface area contributed by atoms with Crippen LogP contribution in [-0.2, 0) is 0 Å². The number of nitriles is 4. The minimum Gasteiger partial charge on any atom is -0.309 e. The Morgan fingerprint density at radius 2 is 0.403 bits per heavy atom. The molecule has 0 radical (unpaired) electrons. The number of aromatic nitrogens is 6. The van der Waals surface area contributed by atoms with Crippen molar-refractivity contribution in [2.75, 3.05) is 0 Å². The average Bonchev–Trinajstić information content (AvgIpc) is 1.59. The van der Waals surface area contributed by atoms with Gasteiger partial charge in [0.2, 0.25) is 0 Å². The zero-order valence-electron chi connectivity index (χ0n) is 66.6. The van der Waals surface area contributed by atoms with E-state index in [0.717, 1.165) is 134 Å². The first kappa shape index (κ1) is 72.7. The van der Waals surface area contributed by atoms with Crippen LogP contribution in [0.15, 0.2) is 406 Å². The number of rotatable bonds is 9. The summed E-state index contributed by atoms with van der Waals surface area (Å²) in [6.07, 6.45) is 0. The molecule has 0 fully saturated rings. The monoisotopic (exact) mass is 1580 g/mol. The number of hydrogen-bond acceptors (Lipinski definition) is 4. The lowest BCUT2D eigenvalue weighted by molar-refractivity contribution is 1.13. The fourth-order valence-electron chi connectivity index (χ4n) is 19.0. The largest absolute Gasteiger partial charge is 0.309 e. The fourth-order valence-corrected chi connectivity index (χ4v) is 19.0. The molecule has 0 aliphatic heterocycles. The van der Waals surface area contributed by atoms with Crippen molar-refractivity contribution in [3.05, 3.63) is 440 Å². The second-order valence-corrected chi connectivity index (χ2v) is 31.0. The highest BCUT2D eigenvalue weighted by atomic mass is 15.0. The molecule has 6 aromatic heterocycles. The second kappa shape index (κ2) is 30.0. The molecule has 24 aromatic rings. The lowest BCUT2D eigenvalue weighted by atomic mass is 9.97. The molecule has 0 spiro atoms. The molecule has 0 saturated carbocycles. The maximum absolute atomic E-state index is 10.1. The van der Waals surface area contributed by atoms with Crippen LogP contribution in [0.1, 0.15) is 22.3 Å². The summed E-state index contributed by atoms with van der Waals surface area (Å²) in [4.78, 5) is 3.67. The van der Waals surface area contributed by atoms with E-state index in [1.54, 1.807) is 24.3 Å². The summed E-state index contributed by atoms with van der Waals surface area (Å²) < 4.78 is 13.9. The molecule has 0 N–H and O–H groups in total. The van der Waals surface area contributed by atoms with Crippen LogP contribution in [0.5, 0.6) is 0 Å². The molecule has 11 nitrogen and oxygen atoms in total. The lowest BCUT2D eigenvalue weighted by Crippen LogP contribution is -2.00. The Morgan fingerprint density at radius 1 is 0.185 bits per heavy atom. The Labute approximate surface area is 712 Å². The molecule has 124 heavy (non-hydrogen) atoms. The normalized spacial score (nSPS) is 11.3. The quantitative estimate of drug-likeness (QED) is 0.133. The number of benzene rings is 18. The van der Waals surface area contributed by atoms with E-state index in [1.807, 2.05) is 36.4 Å². The number of fused-ring (bicyclic) bond motifs is 18. The third-order valence-corrected chi connectivity index (χ3v) is 24.2. The first-order valence-corrected chi connectivity index (χ1v) is 41.0. The molecular weight excluding hydrogens is 1510 g/mol. The zero-order chi connectivity index (χ0) is 83.0. The molecular formula is C113H67N11. The summed E-state index contributed by atoms with van der Waals surface area (Å²) >= 11 is 0. The number of nitrogens with zero attached hydrogens (tertiary/aromatic N) is 11. The van der Waals surface area contributed by atoms with Crippen molar-refractivity contribution in [1.82, 2.24) is 27.4 Å². The topological polar surface area (TPSA) is 129 Å². The van der Waals surface area contributed by atoms with E-state index in [9.17, 15) is 21.0 Å². The zero-order valence-corrected chi connectivity index (χ0v) is 66.6. The molecule has 0 bridgehead atoms. The Hall–Kier alpha value is -17.8. The molecule has 24 rings (SSSR count). The van der Waals surface area contributed by atoms with Crippen molar-refractivity contribution in [3.8, 4) is 91.8 Å². The Kier molecular flexibility index (Phi) is 17.6. The second-order valence-electron chi connectivity index (χ2n) is 31.0. The molecule has 574 valence electrons. The van der Waals surface area contributed by atoms with Gasteiger partial charge in [-0.2, -0.15) is 21.0 Å². The van der Waals surface area contributed by atoms with Gasteiger partial charge in [-0.05, 0) is 185 Å². The summed E-state index contributed by atoms with van der Waals surface area (Å²) in [6, 6.07) is 150. The smallest absolute Gasteiger partial charge is 0.187 e. The summed E-state index contributed by atoms with van der Waals surface area (Å²) in [7, 11) is 0. The molecule has 11 heteroatoms. The van der Waals surface area contributed by atoms with Crippen molar-refractivity contribution >= 4 is 137 Å². The molecule has 6 heterocycles. The van der Waals surface area contributed by atoms with Gasteiger partial charge in [0.15, 0.2) is 5.69 Å². The van der Waals surface area contributed by atoms with Crippen LogP contribution in [0.3, 0.4) is 0 Å². The van der Waals surface area contributed by atoms with Gasteiger partial charge in [-0.25, -0.2) is 4.85 Å². The van der Waals surface area contributed by atoms with Crippen molar-refractivity contribution in [2.45, 2.75) is 0 Å². The van der Waals surface area contributed by atoms with E-state index in [2.05, 4.69) is 402 Å². The van der Waals surface area contributed by atoms with Crippen molar-refractivity contribution in [2.24, 2.45) is 0 Å². The minimum absolute atomic E-state index is 0.469. The lowest BCUT2D eigenvalue weighted by Gasteiger charge is -2.16. The standard InChI is InChI=1S/2C38H22N4.C37H23N3/c1-40-27-19-18-25(24-39)34(22-27)26-20-28(41-35-14-6-2-10-30(35)31-11-3-7-15-36(31)41)23-29(21-26)42-37-16-8-4-12-32(37)33-13-5-9-17-38(33)42;39-23-25-17-18-30(27(19-25)24-40)26-20-28(41-35-13-5-1-9-31(35)32-10-2-6-14-36(32)41)22-29(21-26)42-37-15-7-3-11-33(37)34-12-4-8-16-38(34)42;38-24-25-11-1-2-12-29(25)26-21-27(39-34-17-7-3-13-30(34)31-14-4-8-18-35(31)39)23-28(22-26)40-36-19-9-5-15-32(36)33-16-6-10-20-37(33)40/h2-23H;1-22H;1-23H. The van der Waals surface area contributed by atoms with Gasteiger partial charge in [0.05, 0.1) is 119 Å². The van der Waals surface area contributed by atoms with E-state index in [4.69, 9.17) is 6.57 Å². The summed E-state index contributed by atoms with van der Waals surface area (Å²) in [6.45, 7) is 7.64. The van der Waals surface area contributed by atoms with Gasteiger partial charge in [-0.15, -0.1) is 0 Å². The van der Waals surface area contributed by atoms with Crippen molar-refractivity contribution in [1.29, 1.82) is 21.0 Å². The third kappa shape index (κ3) is 11.9. The first-order valence-electron chi connectivity index (χ1n) is 41.0. The van der Waals surface area contributed by atoms with Crippen molar-refractivity contribution < 1.29 is 0 Å². The van der Waals surface area contributed by atoms with Crippen LogP contribution >= 0.6 is 0 Å². The highest BCUT2D eigenvalue weighted by Gasteiger charge is 2.24. The van der Waals surface area contributed by atoms with Crippen molar-refractivity contribution in [3.63, 3.8) is 0 Å². The van der Waals surface area contributed by atoms with Crippen LogP contribution in [0.2, 0.25) is 0 Å². The van der Waals surface area contributed by atoms with Crippen LogP contribution < -0.4 is 0 Å². The molecule has 0 amide bonds. The number of hydrogen-bond donors (Lipinski definition) is 0. The van der Waals surface area contributed by atoms with Gasteiger partial charge in [0.1, 0.15) is 0 Å². The van der Waals surface area contributed by atoms with Crippen LogP contribution in [-0.4, -0.2) is 27.4 Å². The fraction of sp³-hybridized carbons (Fsp3) is 0. The van der Waals surface area contributed by atoms with Gasteiger partial charge < -0.3 is 27.4 Å². The van der Waals surface area contributed by atoms with Gasteiger partial charge in [-0.1, -0.05) is 255 Å². The van der Waals surface area contributed by atoms with Gasteiger partial charge in [0.25, 0.3) is 0 Å². The van der Waals surface area contributed by atoms with Gasteiger partial charge in [0, 0.05) is 98.8 Å². The Balaban J connectivity index is 0.000000111. The number of para-hydroxylation sites is 12. The third-order valence-electron chi connectivity index (χ3n) is 24.2. The summed E-state index contributed by atoms with van der Waals surface area (Å²) in [5.74, 6) is 0. The molecule has 18 aromatic carbocycles. The van der Waals surface area contributed by atoms with E-state index in [0.29, 0.717) is 27.9 Å². The average molecular weight is 1580 g/mol. The maximum atomic E-state index is 10.1. The predicted molar refractivity (Wildman–Crippen MR) is 507 cm³/mol. The Morgan fingerprint density at radius 3 is 0.645 bits per heavy atom. The van der Waals surface area contributed by atoms with Gasteiger partial charge in [-0.3, -0.25) is 0 Å². The van der Waals surface area contributed by atoms with E-state index >= 15 is 0 Å². The van der Waals surface area contributed by atoms with E-state index in [1.165, 1.54) is 64.6 Å². The molecule has 0 aliphatic rings. The molecule has 0 aliphatic carbocycles. The summed E-state index contributed by atoms with van der Waals surface area (Å²) in [5.41, 5.74) is 27.5. The molecule has 0 saturated heterocycles. The van der Waals surface area contributed by atoms with Crippen LogP contribution in [0, 0.1) is 51.9 Å². The van der Waals surface area contributed by atoms with Crippen LogP contribution in [0.25, 0.3) is 203 Å². The highest BCUT2D eigenvalue weighted by Crippen LogP contribution is 2.45. The van der Waals surface area contributed by atoms with Crippen LogP contribution in [0.4, 0.5) is 5.69 Å². The molecule has 0 atom stereocenters. The molecule has 0 unspecified atom stereocenters.